The first-order chi connectivity index (χ1) is 7.90. The van der Waals surface area contributed by atoms with Crippen LogP contribution in [0.5, 0.6) is 0 Å². The second kappa shape index (κ2) is 4.07. The molecule has 0 fully saturated rings. The van der Waals surface area contributed by atoms with Crippen LogP contribution in [0.25, 0.3) is 15.2 Å². The fourth-order valence-corrected chi connectivity index (χ4v) is 3.46. The normalized spacial score (nSPS) is 11.6. The molecule has 5 heteroatoms. The number of benzene rings is 1. The molecule has 0 N–H and O–H groups in total. The monoisotopic (exact) mass is 249 g/mol. The van der Waals surface area contributed by atoms with Crippen molar-refractivity contribution in [3.63, 3.8) is 0 Å². The van der Waals surface area contributed by atoms with Gasteiger partial charge in [0, 0.05) is 5.75 Å². The molecule has 1 aromatic carbocycles. The van der Waals surface area contributed by atoms with E-state index >= 15 is 0 Å². The van der Waals surface area contributed by atoms with Gasteiger partial charge in [0.1, 0.15) is 0 Å². The number of rotatable bonds is 3. The minimum Gasteiger partial charge on any atom is -0.260 e. The summed E-state index contributed by atoms with van der Waals surface area (Å²) >= 11 is 3.46. The van der Waals surface area contributed by atoms with E-state index in [0.717, 1.165) is 22.3 Å². The second-order valence-electron chi connectivity index (χ2n) is 3.52. The summed E-state index contributed by atoms with van der Waals surface area (Å²) in [6, 6.07) is 8.37. The van der Waals surface area contributed by atoms with Crippen LogP contribution in [-0.4, -0.2) is 20.4 Å². The Morgan fingerprint density at radius 2 is 2.19 bits per heavy atom. The molecule has 2 aromatic heterocycles. The largest absolute Gasteiger partial charge is 0.260 e. The summed E-state index contributed by atoms with van der Waals surface area (Å²) in [5.74, 6) is 1.09. The number of thioether (sulfide) groups is 1. The Kier molecular flexibility index (Phi) is 2.57. The predicted octanol–water partition coefficient (Wildman–Crippen LogP) is 3.45. The van der Waals surface area contributed by atoms with Gasteiger partial charge >= 0.3 is 0 Å². The molecular weight excluding hydrogens is 238 g/mol. The van der Waals surface area contributed by atoms with Gasteiger partial charge in [-0.25, -0.2) is 0 Å². The van der Waals surface area contributed by atoms with Crippen LogP contribution in [0.15, 0.2) is 29.4 Å². The third-order valence-corrected chi connectivity index (χ3v) is 4.49. The number of thiazole rings is 1. The summed E-state index contributed by atoms with van der Waals surface area (Å²) < 4.78 is 3.42. The standard InChI is InChI=1S/C11H11N3S2/c1-2-7-15-10-12-13-11-14(10)8-5-3-4-6-9(8)16-11/h3-6H,2,7H2,1H3. The Hall–Kier alpha value is -1.07. The van der Waals surface area contributed by atoms with Gasteiger partial charge < -0.3 is 0 Å². The highest BCUT2D eigenvalue weighted by Crippen LogP contribution is 2.29. The fraction of sp³-hybridized carbons (Fsp3) is 0.273. The molecule has 16 heavy (non-hydrogen) atoms. The van der Waals surface area contributed by atoms with Crippen molar-refractivity contribution in [1.29, 1.82) is 0 Å². The van der Waals surface area contributed by atoms with Gasteiger partial charge in [-0.15, -0.1) is 10.2 Å². The van der Waals surface area contributed by atoms with E-state index in [0.29, 0.717) is 0 Å². The van der Waals surface area contributed by atoms with Crippen LogP contribution in [0.4, 0.5) is 0 Å². The van der Waals surface area contributed by atoms with Crippen molar-refractivity contribution >= 4 is 38.3 Å². The van der Waals surface area contributed by atoms with Gasteiger partial charge in [-0.05, 0) is 18.6 Å². The summed E-state index contributed by atoms with van der Waals surface area (Å²) in [5, 5.41) is 9.46. The second-order valence-corrected chi connectivity index (χ2v) is 5.59. The molecule has 0 radical (unpaired) electrons. The van der Waals surface area contributed by atoms with Crippen LogP contribution in [0, 0.1) is 0 Å². The lowest BCUT2D eigenvalue weighted by Crippen LogP contribution is -1.86. The van der Waals surface area contributed by atoms with Gasteiger partial charge in [-0.1, -0.05) is 42.2 Å². The smallest absolute Gasteiger partial charge is 0.217 e. The number of para-hydroxylation sites is 1. The van der Waals surface area contributed by atoms with Gasteiger partial charge in [0.15, 0.2) is 5.16 Å². The molecule has 0 aliphatic carbocycles. The first kappa shape index (κ1) is 10.1. The average molecular weight is 249 g/mol. The average Bonchev–Trinajstić information content (AvgIpc) is 2.85. The van der Waals surface area contributed by atoms with E-state index in [1.165, 1.54) is 10.2 Å². The molecule has 0 aliphatic heterocycles. The van der Waals surface area contributed by atoms with Crippen LogP contribution < -0.4 is 0 Å². The molecule has 2 heterocycles. The van der Waals surface area contributed by atoms with E-state index in [2.05, 4.69) is 45.8 Å². The van der Waals surface area contributed by atoms with Gasteiger partial charge in [0.05, 0.1) is 10.2 Å². The first-order valence-electron chi connectivity index (χ1n) is 5.25. The molecule has 0 amide bonds. The molecule has 0 aliphatic rings. The van der Waals surface area contributed by atoms with Crippen molar-refractivity contribution in [1.82, 2.24) is 14.6 Å². The van der Waals surface area contributed by atoms with Crippen molar-refractivity contribution in [2.45, 2.75) is 18.5 Å². The molecule has 0 unspecified atom stereocenters. The lowest BCUT2D eigenvalue weighted by molar-refractivity contribution is 0.937. The minimum atomic E-state index is 0.986. The number of aromatic nitrogens is 3. The first-order valence-corrected chi connectivity index (χ1v) is 7.06. The zero-order chi connectivity index (χ0) is 11.0. The fourth-order valence-electron chi connectivity index (χ4n) is 1.64. The summed E-state index contributed by atoms with van der Waals surface area (Å²) in [4.78, 5) is 0.986. The summed E-state index contributed by atoms with van der Waals surface area (Å²) in [6.07, 6.45) is 1.15. The van der Waals surface area contributed by atoms with Crippen LogP contribution in [0.2, 0.25) is 0 Å². The topological polar surface area (TPSA) is 30.2 Å². The SMILES string of the molecule is CCCSc1nnc2sc3ccccc3n12. The molecule has 0 saturated carbocycles. The Bertz CT molecular complexity index is 626. The van der Waals surface area contributed by atoms with E-state index in [-0.39, 0.29) is 0 Å². The Morgan fingerprint density at radius 3 is 3.06 bits per heavy atom. The third kappa shape index (κ3) is 1.51. The predicted molar refractivity (Wildman–Crippen MR) is 69.4 cm³/mol. The summed E-state index contributed by atoms with van der Waals surface area (Å²) in [6.45, 7) is 2.18. The highest BCUT2D eigenvalue weighted by atomic mass is 32.2. The molecule has 0 atom stereocenters. The van der Waals surface area contributed by atoms with Crippen molar-refractivity contribution in [3.8, 4) is 0 Å². The molecule has 3 aromatic rings. The Labute approximate surface area is 101 Å². The molecule has 3 rings (SSSR count). The van der Waals surface area contributed by atoms with E-state index in [4.69, 9.17) is 0 Å². The number of hydrogen-bond donors (Lipinski definition) is 0. The Balaban J connectivity index is 2.22. The number of nitrogens with zero attached hydrogens (tertiary/aromatic N) is 3. The Morgan fingerprint density at radius 1 is 1.31 bits per heavy atom. The maximum atomic E-state index is 4.23. The molecule has 82 valence electrons. The van der Waals surface area contributed by atoms with Crippen LogP contribution in [-0.2, 0) is 0 Å². The molecule has 3 nitrogen and oxygen atoms in total. The zero-order valence-corrected chi connectivity index (χ0v) is 10.5. The summed E-state index contributed by atoms with van der Waals surface area (Å²) in [5.41, 5.74) is 1.21. The molecule has 0 saturated heterocycles. The minimum absolute atomic E-state index is 0.986. The lowest BCUT2D eigenvalue weighted by Gasteiger charge is -1.96. The lowest BCUT2D eigenvalue weighted by atomic mass is 10.3. The molecular formula is C11H11N3S2. The van der Waals surface area contributed by atoms with E-state index in [9.17, 15) is 0 Å². The number of fused-ring (bicyclic) bond motifs is 3. The van der Waals surface area contributed by atoms with Crippen molar-refractivity contribution < 1.29 is 0 Å². The van der Waals surface area contributed by atoms with Crippen LogP contribution in [0.3, 0.4) is 0 Å². The van der Waals surface area contributed by atoms with Gasteiger partial charge in [-0.3, -0.25) is 4.40 Å². The quantitative estimate of drug-likeness (QED) is 0.666. The maximum absolute atomic E-state index is 4.23. The van der Waals surface area contributed by atoms with E-state index < -0.39 is 0 Å². The van der Waals surface area contributed by atoms with Gasteiger partial charge in [0.25, 0.3) is 0 Å². The van der Waals surface area contributed by atoms with Crippen molar-refractivity contribution in [3.05, 3.63) is 24.3 Å². The van der Waals surface area contributed by atoms with Crippen molar-refractivity contribution in [2.24, 2.45) is 0 Å². The zero-order valence-electron chi connectivity index (χ0n) is 8.88. The number of hydrogen-bond acceptors (Lipinski definition) is 4. The van der Waals surface area contributed by atoms with E-state index in [1.807, 2.05) is 0 Å². The van der Waals surface area contributed by atoms with Crippen LogP contribution in [0.1, 0.15) is 13.3 Å². The molecule has 0 bridgehead atoms. The van der Waals surface area contributed by atoms with E-state index in [1.54, 1.807) is 23.1 Å². The van der Waals surface area contributed by atoms with Gasteiger partial charge in [-0.2, -0.15) is 0 Å². The van der Waals surface area contributed by atoms with Crippen LogP contribution >= 0.6 is 23.1 Å². The summed E-state index contributed by atoms with van der Waals surface area (Å²) in [7, 11) is 0. The highest BCUT2D eigenvalue weighted by Gasteiger charge is 2.11. The van der Waals surface area contributed by atoms with Gasteiger partial charge in [0.2, 0.25) is 4.96 Å². The molecule has 0 spiro atoms. The maximum Gasteiger partial charge on any atom is 0.217 e. The third-order valence-electron chi connectivity index (χ3n) is 2.35. The highest BCUT2D eigenvalue weighted by molar-refractivity contribution is 7.99. The van der Waals surface area contributed by atoms with Crippen molar-refractivity contribution in [2.75, 3.05) is 5.75 Å².